The first-order chi connectivity index (χ1) is 8.72. The lowest BCUT2D eigenvalue weighted by Gasteiger charge is -2.23. The van der Waals surface area contributed by atoms with Crippen molar-refractivity contribution in [2.24, 2.45) is 5.92 Å². The predicted molar refractivity (Wildman–Crippen MR) is 70.0 cm³/mol. The number of para-hydroxylation sites is 1. The second-order valence-electron chi connectivity index (χ2n) is 4.65. The van der Waals surface area contributed by atoms with Crippen LogP contribution < -0.4 is 10.2 Å². The van der Waals surface area contributed by atoms with Crippen molar-refractivity contribution in [3.63, 3.8) is 0 Å². The maximum atomic E-state index is 13.7. The van der Waals surface area contributed by atoms with Gasteiger partial charge in [-0.2, -0.15) is 0 Å². The molecule has 0 spiro atoms. The fraction of sp³-hybridized carbons (Fsp3) is 0.500. The highest BCUT2D eigenvalue weighted by atomic mass is 19.1. The van der Waals surface area contributed by atoms with Crippen LogP contribution >= 0.6 is 0 Å². The van der Waals surface area contributed by atoms with Gasteiger partial charge in [-0.3, -0.25) is 4.79 Å². The highest BCUT2D eigenvalue weighted by molar-refractivity contribution is 5.93. The Hall–Kier alpha value is -1.42. The van der Waals surface area contributed by atoms with Crippen LogP contribution in [0.15, 0.2) is 24.3 Å². The molecule has 1 heterocycles. The SMILES string of the molecule is CCN(C(=O)CC1CCNC1)c1ccccc1F. The monoisotopic (exact) mass is 250 g/mol. The molecule has 1 unspecified atom stereocenters. The molecule has 0 aromatic heterocycles. The molecule has 1 aliphatic rings. The van der Waals surface area contributed by atoms with Crippen LogP contribution in [0, 0.1) is 11.7 Å². The van der Waals surface area contributed by atoms with E-state index in [2.05, 4.69) is 5.32 Å². The largest absolute Gasteiger partial charge is 0.316 e. The van der Waals surface area contributed by atoms with Crippen LogP contribution in [0.1, 0.15) is 19.8 Å². The van der Waals surface area contributed by atoms with Gasteiger partial charge in [-0.25, -0.2) is 4.39 Å². The minimum absolute atomic E-state index is 0.0105. The summed E-state index contributed by atoms with van der Waals surface area (Å²) in [7, 11) is 0. The molecule has 1 aromatic carbocycles. The van der Waals surface area contributed by atoms with Gasteiger partial charge >= 0.3 is 0 Å². The molecule has 1 N–H and O–H groups in total. The third-order valence-electron chi connectivity index (χ3n) is 3.39. The minimum atomic E-state index is -0.336. The second kappa shape index (κ2) is 5.96. The van der Waals surface area contributed by atoms with Crippen LogP contribution in [-0.4, -0.2) is 25.5 Å². The van der Waals surface area contributed by atoms with E-state index in [9.17, 15) is 9.18 Å². The Morgan fingerprint density at radius 1 is 1.50 bits per heavy atom. The molecular formula is C14H19FN2O. The highest BCUT2D eigenvalue weighted by Gasteiger charge is 2.23. The van der Waals surface area contributed by atoms with E-state index in [0.717, 1.165) is 19.5 Å². The van der Waals surface area contributed by atoms with Crippen LogP contribution in [0.4, 0.5) is 10.1 Å². The van der Waals surface area contributed by atoms with Crippen molar-refractivity contribution in [1.82, 2.24) is 5.32 Å². The molecule has 1 saturated heterocycles. The Morgan fingerprint density at radius 2 is 2.28 bits per heavy atom. The molecule has 1 aromatic rings. The van der Waals surface area contributed by atoms with Crippen molar-refractivity contribution >= 4 is 11.6 Å². The zero-order valence-electron chi connectivity index (χ0n) is 10.7. The fourth-order valence-electron chi connectivity index (χ4n) is 2.40. The summed E-state index contributed by atoms with van der Waals surface area (Å²) < 4.78 is 13.7. The minimum Gasteiger partial charge on any atom is -0.316 e. The average Bonchev–Trinajstić information content (AvgIpc) is 2.85. The number of rotatable bonds is 4. The zero-order valence-corrected chi connectivity index (χ0v) is 10.7. The lowest BCUT2D eigenvalue weighted by Crippen LogP contribution is -2.33. The molecule has 98 valence electrons. The van der Waals surface area contributed by atoms with Crippen LogP contribution in [0.2, 0.25) is 0 Å². The number of hydrogen-bond acceptors (Lipinski definition) is 2. The first kappa shape index (κ1) is 13.0. The van der Waals surface area contributed by atoms with Crippen LogP contribution in [0.3, 0.4) is 0 Å². The van der Waals surface area contributed by atoms with Crippen LogP contribution in [-0.2, 0) is 4.79 Å². The van der Waals surface area contributed by atoms with Gasteiger partial charge in [0.1, 0.15) is 5.82 Å². The van der Waals surface area contributed by atoms with Crippen LogP contribution in [0.25, 0.3) is 0 Å². The Kier molecular flexibility index (Phi) is 4.31. The standard InChI is InChI=1S/C14H19FN2O/c1-2-17(13-6-4-3-5-12(13)15)14(18)9-11-7-8-16-10-11/h3-6,11,16H,2,7-10H2,1H3. The highest BCUT2D eigenvalue weighted by Crippen LogP contribution is 2.21. The summed E-state index contributed by atoms with van der Waals surface area (Å²) in [4.78, 5) is 13.7. The van der Waals surface area contributed by atoms with Gasteiger partial charge in [-0.1, -0.05) is 12.1 Å². The van der Waals surface area contributed by atoms with E-state index in [4.69, 9.17) is 0 Å². The number of nitrogens with zero attached hydrogens (tertiary/aromatic N) is 1. The number of anilines is 1. The topological polar surface area (TPSA) is 32.3 Å². The second-order valence-corrected chi connectivity index (χ2v) is 4.65. The Labute approximate surface area is 107 Å². The molecule has 0 radical (unpaired) electrons. The van der Waals surface area contributed by atoms with Gasteiger partial charge in [-0.05, 0) is 44.5 Å². The van der Waals surface area contributed by atoms with Crippen molar-refractivity contribution in [2.45, 2.75) is 19.8 Å². The van der Waals surface area contributed by atoms with Crippen LogP contribution in [0.5, 0.6) is 0 Å². The van der Waals surface area contributed by atoms with Gasteiger partial charge in [0.2, 0.25) is 5.91 Å². The molecule has 1 aliphatic heterocycles. The summed E-state index contributed by atoms with van der Waals surface area (Å²) in [6.07, 6.45) is 1.52. The van der Waals surface area contributed by atoms with E-state index in [1.165, 1.54) is 11.0 Å². The third kappa shape index (κ3) is 2.88. The van der Waals surface area contributed by atoms with Crippen molar-refractivity contribution in [1.29, 1.82) is 0 Å². The number of hydrogen-bond donors (Lipinski definition) is 1. The first-order valence-electron chi connectivity index (χ1n) is 6.48. The van der Waals surface area contributed by atoms with E-state index in [1.807, 2.05) is 6.92 Å². The van der Waals surface area contributed by atoms with E-state index in [-0.39, 0.29) is 11.7 Å². The normalized spacial score (nSPS) is 18.9. The van der Waals surface area contributed by atoms with Gasteiger partial charge < -0.3 is 10.2 Å². The molecule has 2 rings (SSSR count). The number of carbonyl (C=O) groups is 1. The summed E-state index contributed by atoms with van der Waals surface area (Å²) in [6, 6.07) is 6.44. The summed E-state index contributed by atoms with van der Waals surface area (Å²) in [5.41, 5.74) is 0.385. The molecule has 18 heavy (non-hydrogen) atoms. The molecule has 0 saturated carbocycles. The van der Waals surface area contributed by atoms with E-state index >= 15 is 0 Å². The molecule has 1 fully saturated rings. The summed E-state index contributed by atoms with van der Waals surface area (Å²) in [5.74, 6) is 0.0619. The number of amides is 1. The fourth-order valence-corrected chi connectivity index (χ4v) is 2.40. The number of nitrogens with one attached hydrogen (secondary N) is 1. The van der Waals surface area contributed by atoms with Crippen molar-refractivity contribution in [3.05, 3.63) is 30.1 Å². The van der Waals surface area contributed by atoms with E-state index in [0.29, 0.717) is 24.6 Å². The Morgan fingerprint density at radius 3 is 2.89 bits per heavy atom. The van der Waals surface area contributed by atoms with E-state index < -0.39 is 0 Å². The smallest absolute Gasteiger partial charge is 0.227 e. The number of halogens is 1. The van der Waals surface area contributed by atoms with Gasteiger partial charge in [0.25, 0.3) is 0 Å². The maximum absolute atomic E-state index is 13.7. The van der Waals surface area contributed by atoms with Gasteiger partial charge in [-0.15, -0.1) is 0 Å². The molecule has 0 bridgehead atoms. The average molecular weight is 250 g/mol. The molecule has 1 amide bonds. The van der Waals surface area contributed by atoms with Gasteiger partial charge in [0, 0.05) is 13.0 Å². The quantitative estimate of drug-likeness (QED) is 0.888. The number of carbonyl (C=O) groups excluding carboxylic acids is 1. The van der Waals surface area contributed by atoms with E-state index in [1.54, 1.807) is 18.2 Å². The van der Waals surface area contributed by atoms with Crippen molar-refractivity contribution < 1.29 is 9.18 Å². The van der Waals surface area contributed by atoms with Crippen molar-refractivity contribution in [2.75, 3.05) is 24.5 Å². The first-order valence-corrected chi connectivity index (χ1v) is 6.48. The Balaban J connectivity index is 2.08. The predicted octanol–water partition coefficient (Wildman–Crippen LogP) is 2.18. The zero-order chi connectivity index (χ0) is 13.0. The lowest BCUT2D eigenvalue weighted by atomic mass is 10.0. The third-order valence-corrected chi connectivity index (χ3v) is 3.39. The summed E-state index contributed by atoms with van der Waals surface area (Å²) in [5, 5.41) is 3.24. The molecule has 4 heteroatoms. The van der Waals surface area contributed by atoms with Gasteiger partial charge in [0.15, 0.2) is 0 Å². The molecule has 1 atom stereocenters. The van der Waals surface area contributed by atoms with Gasteiger partial charge in [0.05, 0.1) is 5.69 Å². The molecular weight excluding hydrogens is 231 g/mol. The Bertz CT molecular complexity index is 416. The summed E-state index contributed by atoms with van der Waals surface area (Å²) >= 11 is 0. The number of benzene rings is 1. The summed E-state index contributed by atoms with van der Waals surface area (Å²) in [6.45, 7) is 4.24. The molecule has 3 nitrogen and oxygen atoms in total. The van der Waals surface area contributed by atoms with Crippen molar-refractivity contribution in [3.8, 4) is 0 Å². The maximum Gasteiger partial charge on any atom is 0.227 e. The lowest BCUT2D eigenvalue weighted by molar-refractivity contribution is -0.119. The molecule has 0 aliphatic carbocycles.